The average Bonchev–Trinajstić information content (AvgIpc) is 3.33. The van der Waals surface area contributed by atoms with Crippen LogP contribution in [0.3, 0.4) is 0 Å². The highest BCUT2D eigenvalue weighted by Gasteiger charge is 2.23. The second kappa shape index (κ2) is 12.5. The van der Waals surface area contributed by atoms with Gasteiger partial charge in [0.2, 0.25) is 5.91 Å². The van der Waals surface area contributed by atoms with E-state index in [2.05, 4.69) is 22.4 Å². The zero-order valence-corrected chi connectivity index (χ0v) is 22.3. The molecule has 35 heavy (non-hydrogen) atoms. The van der Waals surface area contributed by atoms with Crippen LogP contribution in [0, 0.1) is 5.41 Å². The van der Waals surface area contributed by atoms with Gasteiger partial charge in [-0.2, -0.15) is 0 Å². The Kier molecular flexibility index (Phi) is 9.44. The molecule has 1 fully saturated rings. The fourth-order valence-electron chi connectivity index (χ4n) is 4.00. The number of allylic oxidation sites excluding steroid dienone is 1. The van der Waals surface area contributed by atoms with Crippen molar-refractivity contribution in [1.29, 1.82) is 5.41 Å². The number of rotatable bonds is 9. The summed E-state index contributed by atoms with van der Waals surface area (Å²) in [6.45, 7) is 3.47. The molecular formula is C25H28Cl2N4O2S2. The molecule has 2 aromatic carbocycles. The summed E-state index contributed by atoms with van der Waals surface area (Å²) in [5, 5.41) is 12.1. The minimum absolute atomic E-state index is 0.00346. The average molecular weight is 552 g/mol. The fourth-order valence-corrected chi connectivity index (χ4v) is 6.66. The fraction of sp³-hybridized carbons (Fsp3) is 0.360. The van der Waals surface area contributed by atoms with Crippen LogP contribution < -0.4 is 11.1 Å². The van der Waals surface area contributed by atoms with Gasteiger partial charge in [0.25, 0.3) is 0 Å². The number of halogens is 2. The van der Waals surface area contributed by atoms with Crippen molar-refractivity contribution in [2.75, 3.05) is 32.0 Å². The van der Waals surface area contributed by atoms with Crippen LogP contribution in [0.5, 0.6) is 0 Å². The highest BCUT2D eigenvalue weighted by Crippen LogP contribution is 2.48. The van der Waals surface area contributed by atoms with E-state index in [1.54, 1.807) is 23.5 Å². The van der Waals surface area contributed by atoms with Gasteiger partial charge < -0.3 is 15.8 Å². The van der Waals surface area contributed by atoms with E-state index in [0.717, 1.165) is 47.0 Å². The molecule has 2 aliphatic rings. The highest BCUT2D eigenvalue weighted by atomic mass is 35.5. The summed E-state index contributed by atoms with van der Waals surface area (Å²) in [5.41, 5.74) is 8.62. The Morgan fingerprint density at radius 2 is 2.11 bits per heavy atom. The molecule has 4 N–H and O–H groups in total. The van der Waals surface area contributed by atoms with Gasteiger partial charge in [0.05, 0.1) is 28.5 Å². The topological polar surface area (TPSA) is 91.4 Å². The molecule has 2 aromatic rings. The summed E-state index contributed by atoms with van der Waals surface area (Å²) in [6.07, 6.45) is 3.04. The van der Waals surface area contributed by atoms with E-state index in [4.69, 9.17) is 39.1 Å². The second-order valence-electron chi connectivity index (χ2n) is 8.47. The smallest absolute Gasteiger partial charge is 0.230 e. The normalized spacial score (nSPS) is 20.5. The predicted octanol–water partition coefficient (Wildman–Crippen LogP) is 5.05. The first kappa shape index (κ1) is 26.4. The molecule has 1 unspecified atom stereocenters. The molecule has 2 heterocycles. The largest absolute Gasteiger partial charge is 0.384 e. The first-order chi connectivity index (χ1) is 16.9. The van der Waals surface area contributed by atoms with E-state index in [1.165, 1.54) is 0 Å². The molecule has 0 aliphatic carbocycles. The van der Waals surface area contributed by atoms with Crippen molar-refractivity contribution in [2.45, 2.75) is 24.3 Å². The minimum atomic E-state index is -0.0431. The van der Waals surface area contributed by atoms with Crippen molar-refractivity contribution in [3.05, 3.63) is 79.5 Å². The Morgan fingerprint density at radius 3 is 2.91 bits per heavy atom. The van der Waals surface area contributed by atoms with Gasteiger partial charge in [-0.3, -0.25) is 15.1 Å². The van der Waals surface area contributed by atoms with Crippen LogP contribution in [0.1, 0.15) is 28.4 Å². The van der Waals surface area contributed by atoms with Gasteiger partial charge in [0.15, 0.2) is 0 Å². The molecular weight excluding hydrogens is 523 g/mol. The number of morpholine rings is 1. The number of nitrogens with zero attached hydrogens (tertiary/aromatic N) is 1. The Morgan fingerprint density at radius 1 is 1.26 bits per heavy atom. The van der Waals surface area contributed by atoms with Gasteiger partial charge in [-0.05, 0) is 35.7 Å². The van der Waals surface area contributed by atoms with Crippen LogP contribution in [0.2, 0.25) is 10.0 Å². The van der Waals surface area contributed by atoms with Gasteiger partial charge in [-0.1, -0.05) is 53.5 Å². The van der Waals surface area contributed by atoms with E-state index in [-0.39, 0.29) is 23.1 Å². The lowest BCUT2D eigenvalue weighted by atomic mass is 10.1. The first-order valence-electron chi connectivity index (χ1n) is 11.4. The summed E-state index contributed by atoms with van der Waals surface area (Å²) in [4.78, 5) is 14.8. The van der Waals surface area contributed by atoms with Crippen LogP contribution >= 0.6 is 46.7 Å². The van der Waals surface area contributed by atoms with Crippen molar-refractivity contribution >= 4 is 58.5 Å². The van der Waals surface area contributed by atoms with Gasteiger partial charge in [0, 0.05) is 41.2 Å². The number of nitrogens with two attached hydrogens (primary N) is 1. The third-order valence-electron chi connectivity index (χ3n) is 5.81. The van der Waals surface area contributed by atoms with Crippen LogP contribution in [0.4, 0.5) is 0 Å². The third kappa shape index (κ3) is 7.65. The maximum absolute atomic E-state index is 12.5. The lowest BCUT2D eigenvalue weighted by Gasteiger charge is -2.33. The van der Waals surface area contributed by atoms with E-state index in [1.807, 2.05) is 36.4 Å². The van der Waals surface area contributed by atoms with Crippen LogP contribution in [0.25, 0.3) is 0 Å². The second-order valence-corrected chi connectivity index (χ2v) is 11.8. The molecule has 10 heteroatoms. The zero-order chi connectivity index (χ0) is 24.8. The zero-order valence-electron chi connectivity index (χ0n) is 19.1. The molecule has 2 aliphatic heterocycles. The van der Waals surface area contributed by atoms with Gasteiger partial charge in [-0.25, -0.2) is 0 Å². The number of amides is 1. The molecule has 0 bridgehead atoms. The van der Waals surface area contributed by atoms with Crippen LogP contribution in [-0.2, 0) is 16.1 Å². The van der Waals surface area contributed by atoms with Crippen molar-refractivity contribution in [3.8, 4) is 0 Å². The lowest BCUT2D eigenvalue weighted by Crippen LogP contribution is -2.47. The summed E-state index contributed by atoms with van der Waals surface area (Å²) >= 11 is 15.5. The van der Waals surface area contributed by atoms with Crippen molar-refractivity contribution in [1.82, 2.24) is 10.2 Å². The molecule has 186 valence electrons. The standard InChI is InChI=1S/C25H28Cl2N4O2S2/c26-20-5-4-16(10-21(20)27)13-31-8-9-33-19(14-31)12-30-23(32)15-34-24-7-6-22(35-24)17-2-1-3-18(11-17)25(28)29/h1-5,7,10-11,19,22H,6,8-9,12-15H2,(H3,28,29)(H,30,32)/t19-,22?/m0/s1. The highest BCUT2D eigenvalue weighted by molar-refractivity contribution is 8.22. The molecule has 2 atom stereocenters. The maximum atomic E-state index is 12.5. The Balaban J connectivity index is 1.17. The number of benzene rings is 2. The summed E-state index contributed by atoms with van der Waals surface area (Å²) < 4.78 is 7.01. The molecule has 1 saturated heterocycles. The lowest BCUT2D eigenvalue weighted by molar-refractivity contribution is -0.119. The monoisotopic (exact) mass is 550 g/mol. The molecule has 4 rings (SSSR count). The molecule has 0 radical (unpaired) electrons. The van der Waals surface area contributed by atoms with Gasteiger partial charge in [-0.15, -0.1) is 23.5 Å². The minimum Gasteiger partial charge on any atom is -0.384 e. The van der Waals surface area contributed by atoms with Crippen molar-refractivity contribution in [3.63, 3.8) is 0 Å². The Labute approximate surface area is 224 Å². The maximum Gasteiger partial charge on any atom is 0.230 e. The van der Waals surface area contributed by atoms with Crippen molar-refractivity contribution < 1.29 is 9.53 Å². The number of carbonyl (C=O) groups excluding carboxylic acids is 1. The third-order valence-corrected chi connectivity index (χ3v) is 9.20. The number of amidine groups is 1. The molecule has 6 nitrogen and oxygen atoms in total. The number of ether oxygens (including phenoxy) is 1. The number of thioether (sulfide) groups is 2. The molecule has 1 amide bonds. The number of hydrogen-bond acceptors (Lipinski definition) is 6. The molecule has 0 spiro atoms. The molecule has 0 saturated carbocycles. The van der Waals surface area contributed by atoms with Gasteiger partial charge in [0.1, 0.15) is 5.84 Å². The van der Waals surface area contributed by atoms with E-state index < -0.39 is 0 Å². The Bertz CT molecular complexity index is 1110. The predicted molar refractivity (Wildman–Crippen MR) is 147 cm³/mol. The van der Waals surface area contributed by atoms with E-state index in [9.17, 15) is 4.79 Å². The summed E-state index contributed by atoms with van der Waals surface area (Å²) in [5.74, 6) is 0.455. The van der Waals surface area contributed by atoms with Crippen LogP contribution in [0.15, 0.2) is 52.8 Å². The van der Waals surface area contributed by atoms with E-state index in [0.29, 0.717) is 28.9 Å². The number of nitrogen functional groups attached to an aromatic ring is 1. The number of carbonyl (C=O) groups is 1. The summed E-state index contributed by atoms with van der Waals surface area (Å²) in [6, 6.07) is 13.5. The Hall–Kier alpha value is -1.68. The van der Waals surface area contributed by atoms with E-state index >= 15 is 0 Å². The van der Waals surface area contributed by atoms with Gasteiger partial charge >= 0.3 is 0 Å². The molecule has 0 aromatic heterocycles. The quantitative estimate of drug-likeness (QED) is 0.299. The SMILES string of the molecule is N=C(N)c1cccc(C2CC=C(SCC(=O)NC[C@H]3CN(Cc4ccc(Cl)c(Cl)c4)CCO3)S2)c1. The number of nitrogens with one attached hydrogen (secondary N) is 2. The summed E-state index contributed by atoms with van der Waals surface area (Å²) in [7, 11) is 0. The van der Waals surface area contributed by atoms with Crippen LogP contribution in [-0.4, -0.2) is 54.7 Å². The first-order valence-corrected chi connectivity index (χ1v) is 14.0. The van der Waals surface area contributed by atoms with Crippen molar-refractivity contribution in [2.24, 2.45) is 5.73 Å². The number of hydrogen-bond donors (Lipinski definition) is 3.